The Morgan fingerprint density at radius 2 is 1.90 bits per heavy atom. The fraction of sp³-hybridized carbons (Fsp3) is 0.294. The molecule has 0 aliphatic rings. The number of aromatic nitrogens is 5. The maximum absolute atomic E-state index is 12.6. The van der Waals surface area contributed by atoms with Gasteiger partial charge in [0.05, 0.1) is 33.2 Å². The molecule has 0 aliphatic heterocycles. The summed E-state index contributed by atoms with van der Waals surface area (Å²) in [4.78, 5) is 12.6. The predicted molar refractivity (Wildman–Crippen MR) is 104 cm³/mol. The van der Waals surface area contributed by atoms with E-state index in [0.717, 1.165) is 0 Å². The van der Waals surface area contributed by atoms with Crippen molar-refractivity contribution in [2.24, 2.45) is 5.10 Å². The quantitative estimate of drug-likeness (QED) is 0.392. The minimum absolute atomic E-state index is 0.0279. The predicted octanol–water partition coefficient (Wildman–Crippen LogP) is 0.585. The van der Waals surface area contributed by atoms with Gasteiger partial charge in [0.25, 0.3) is 5.91 Å². The Morgan fingerprint density at radius 1 is 1.20 bits per heavy atom. The van der Waals surface area contributed by atoms with Gasteiger partial charge in [-0.25, -0.2) is 10.1 Å². The van der Waals surface area contributed by atoms with Gasteiger partial charge in [0.1, 0.15) is 5.75 Å². The number of carbonyl (C=O) groups is 1. The van der Waals surface area contributed by atoms with Gasteiger partial charge in [-0.05, 0) is 22.8 Å². The number of anilines is 1. The van der Waals surface area contributed by atoms with Gasteiger partial charge in [-0.1, -0.05) is 12.1 Å². The van der Waals surface area contributed by atoms with Crippen molar-refractivity contribution in [2.45, 2.75) is 13.3 Å². The standard InChI is InChI=1S/C17H20N8O5/c1-5-10-14(20-24-25(10)16-15(18)22-30-23-16)17(26)21-19-8-9-6-12(28-3)13(29-4)7-11(9)27-2/h6-8H,5H2,1-4H3,(H2,18,22)(H,21,26)/b19-8+. The summed E-state index contributed by atoms with van der Waals surface area (Å²) < 4.78 is 21.7. The lowest BCUT2D eigenvalue weighted by Crippen LogP contribution is -2.20. The minimum Gasteiger partial charge on any atom is -0.496 e. The zero-order valence-corrected chi connectivity index (χ0v) is 16.7. The number of amides is 1. The molecular weight excluding hydrogens is 396 g/mol. The van der Waals surface area contributed by atoms with Crippen LogP contribution in [0.5, 0.6) is 17.2 Å². The minimum atomic E-state index is -0.566. The highest BCUT2D eigenvalue weighted by Gasteiger charge is 2.22. The van der Waals surface area contributed by atoms with Crippen LogP contribution in [-0.2, 0) is 6.42 Å². The number of nitrogens with one attached hydrogen (secondary N) is 1. The second-order valence-corrected chi connectivity index (χ2v) is 5.77. The van der Waals surface area contributed by atoms with E-state index in [-0.39, 0.29) is 17.3 Å². The first-order valence-electron chi connectivity index (χ1n) is 8.70. The molecule has 13 heteroatoms. The number of methoxy groups -OCH3 is 3. The van der Waals surface area contributed by atoms with E-state index < -0.39 is 5.91 Å². The fourth-order valence-corrected chi connectivity index (χ4v) is 2.67. The zero-order chi connectivity index (χ0) is 21.7. The highest BCUT2D eigenvalue weighted by molar-refractivity contribution is 5.94. The van der Waals surface area contributed by atoms with Crippen LogP contribution in [0.2, 0.25) is 0 Å². The fourth-order valence-electron chi connectivity index (χ4n) is 2.67. The third kappa shape index (κ3) is 3.85. The van der Waals surface area contributed by atoms with Gasteiger partial charge in [0.2, 0.25) is 11.6 Å². The van der Waals surface area contributed by atoms with Gasteiger partial charge < -0.3 is 19.9 Å². The monoisotopic (exact) mass is 416 g/mol. The van der Waals surface area contributed by atoms with Crippen molar-refractivity contribution in [1.82, 2.24) is 30.7 Å². The van der Waals surface area contributed by atoms with Crippen LogP contribution in [0.1, 0.15) is 28.7 Å². The Labute approximate surface area is 170 Å². The second kappa shape index (κ2) is 8.89. The van der Waals surface area contributed by atoms with Crippen molar-refractivity contribution in [3.63, 3.8) is 0 Å². The largest absolute Gasteiger partial charge is 0.496 e. The topological polar surface area (TPSA) is 165 Å². The van der Waals surface area contributed by atoms with Crippen molar-refractivity contribution in [3.8, 4) is 23.1 Å². The number of carbonyl (C=O) groups excluding carboxylic acids is 1. The van der Waals surface area contributed by atoms with E-state index in [1.807, 2.05) is 6.92 Å². The summed E-state index contributed by atoms with van der Waals surface area (Å²) >= 11 is 0. The first-order chi connectivity index (χ1) is 14.5. The summed E-state index contributed by atoms with van der Waals surface area (Å²) in [6.45, 7) is 1.83. The van der Waals surface area contributed by atoms with Crippen LogP contribution in [0.25, 0.3) is 5.82 Å². The zero-order valence-electron chi connectivity index (χ0n) is 16.7. The number of hydrazone groups is 1. The van der Waals surface area contributed by atoms with Crippen molar-refractivity contribution < 1.29 is 23.6 Å². The van der Waals surface area contributed by atoms with E-state index >= 15 is 0 Å². The summed E-state index contributed by atoms with van der Waals surface area (Å²) in [5, 5.41) is 18.9. The highest BCUT2D eigenvalue weighted by Crippen LogP contribution is 2.33. The van der Waals surface area contributed by atoms with Gasteiger partial charge >= 0.3 is 0 Å². The SMILES string of the molecule is CCc1c(C(=O)N/N=C/c2cc(OC)c(OC)cc2OC)nnn1-c1nonc1N. The second-order valence-electron chi connectivity index (χ2n) is 5.77. The lowest BCUT2D eigenvalue weighted by Gasteiger charge is -2.11. The summed E-state index contributed by atoms with van der Waals surface area (Å²) in [6, 6.07) is 3.32. The Hall–Kier alpha value is -4.16. The number of benzene rings is 1. The van der Waals surface area contributed by atoms with Gasteiger partial charge in [-0.2, -0.15) is 9.78 Å². The lowest BCUT2D eigenvalue weighted by molar-refractivity contribution is 0.0949. The smallest absolute Gasteiger partial charge is 0.293 e. The van der Waals surface area contributed by atoms with Crippen molar-refractivity contribution >= 4 is 17.9 Å². The van der Waals surface area contributed by atoms with Crippen LogP contribution in [0.3, 0.4) is 0 Å². The molecule has 0 atom stereocenters. The Balaban J connectivity index is 1.82. The van der Waals surface area contributed by atoms with Gasteiger partial charge in [-0.3, -0.25) is 4.79 Å². The van der Waals surface area contributed by atoms with Crippen molar-refractivity contribution in [1.29, 1.82) is 0 Å². The van der Waals surface area contributed by atoms with Crippen LogP contribution >= 0.6 is 0 Å². The molecule has 13 nitrogen and oxygen atoms in total. The molecule has 3 N–H and O–H groups in total. The number of nitrogens with zero attached hydrogens (tertiary/aromatic N) is 6. The summed E-state index contributed by atoms with van der Waals surface area (Å²) in [6.07, 6.45) is 1.84. The molecule has 158 valence electrons. The van der Waals surface area contributed by atoms with Crippen LogP contribution < -0.4 is 25.4 Å². The summed E-state index contributed by atoms with van der Waals surface area (Å²) in [7, 11) is 4.54. The Morgan fingerprint density at radius 3 is 2.50 bits per heavy atom. The average molecular weight is 416 g/mol. The number of hydrogen-bond acceptors (Lipinski definition) is 11. The molecule has 0 saturated heterocycles. The molecule has 0 spiro atoms. The molecule has 0 bridgehead atoms. The van der Waals surface area contributed by atoms with Gasteiger partial charge in [0.15, 0.2) is 17.2 Å². The molecule has 3 rings (SSSR count). The number of nitrogen functional groups attached to an aromatic ring is 1. The molecule has 0 fully saturated rings. The lowest BCUT2D eigenvalue weighted by atomic mass is 10.2. The van der Waals surface area contributed by atoms with E-state index in [1.165, 1.54) is 32.2 Å². The first kappa shape index (κ1) is 20.6. The Kier molecular flexibility index (Phi) is 6.10. The van der Waals surface area contributed by atoms with Crippen molar-refractivity contribution in [2.75, 3.05) is 27.1 Å². The van der Waals surface area contributed by atoms with Gasteiger partial charge in [-0.15, -0.1) is 5.10 Å². The third-order valence-electron chi connectivity index (χ3n) is 4.11. The number of rotatable bonds is 8. The van der Waals surface area contributed by atoms with E-state index in [1.54, 1.807) is 12.1 Å². The van der Waals surface area contributed by atoms with Gasteiger partial charge in [0, 0.05) is 11.6 Å². The molecular formula is C17H20N8O5. The molecule has 0 unspecified atom stereocenters. The van der Waals surface area contributed by atoms with Crippen molar-refractivity contribution in [3.05, 3.63) is 29.1 Å². The van der Waals surface area contributed by atoms with E-state index in [0.29, 0.717) is 34.9 Å². The van der Waals surface area contributed by atoms with E-state index in [4.69, 9.17) is 19.9 Å². The molecule has 1 amide bonds. The van der Waals surface area contributed by atoms with Crippen LogP contribution in [0, 0.1) is 0 Å². The molecule has 0 radical (unpaired) electrons. The average Bonchev–Trinajstić information content (AvgIpc) is 3.38. The Bertz CT molecular complexity index is 1070. The first-order valence-corrected chi connectivity index (χ1v) is 8.70. The van der Waals surface area contributed by atoms with Crippen LogP contribution in [0.4, 0.5) is 5.82 Å². The molecule has 0 aliphatic carbocycles. The molecule has 2 heterocycles. The maximum Gasteiger partial charge on any atom is 0.293 e. The van der Waals surface area contributed by atoms with E-state index in [2.05, 4.69) is 35.8 Å². The molecule has 3 aromatic rings. The molecule has 2 aromatic heterocycles. The van der Waals surface area contributed by atoms with Crippen LogP contribution in [0.15, 0.2) is 21.9 Å². The molecule has 1 aromatic carbocycles. The van der Waals surface area contributed by atoms with Crippen LogP contribution in [-0.4, -0.2) is 58.8 Å². The van der Waals surface area contributed by atoms with E-state index in [9.17, 15) is 4.79 Å². The molecule has 0 saturated carbocycles. The summed E-state index contributed by atoms with van der Waals surface area (Å²) in [5.41, 5.74) is 9.19. The number of ether oxygens (including phenoxy) is 3. The number of nitrogens with two attached hydrogens (primary N) is 1. The summed E-state index contributed by atoms with van der Waals surface area (Å²) in [5.74, 6) is 1.09. The third-order valence-corrected chi connectivity index (χ3v) is 4.11. The normalized spacial score (nSPS) is 10.9. The highest BCUT2D eigenvalue weighted by atomic mass is 16.6. The maximum atomic E-state index is 12.6. The number of hydrogen-bond donors (Lipinski definition) is 2. The molecule has 30 heavy (non-hydrogen) atoms.